The van der Waals surface area contributed by atoms with Crippen LogP contribution in [0.5, 0.6) is 0 Å². The molecule has 0 aromatic rings. The van der Waals surface area contributed by atoms with Gasteiger partial charge in [0.1, 0.15) is 5.78 Å². The van der Waals surface area contributed by atoms with Crippen LogP contribution in [0.1, 0.15) is 40.5 Å². The fourth-order valence-electron chi connectivity index (χ4n) is 1.80. The maximum Gasteiger partial charge on any atom is 0.331 e. The number of aliphatic hydroxyl groups excluding tert-OH is 1. The second-order valence-corrected chi connectivity index (χ2v) is 6.31. The lowest BCUT2D eigenvalue weighted by atomic mass is 9.97. The van der Waals surface area contributed by atoms with E-state index in [0.717, 1.165) is 6.42 Å². The Morgan fingerprint density at radius 3 is 2.06 bits per heavy atom. The van der Waals surface area contributed by atoms with Crippen LogP contribution in [0.3, 0.4) is 0 Å². The summed E-state index contributed by atoms with van der Waals surface area (Å²) in [6, 6.07) is 0. The first-order valence-electron chi connectivity index (χ1n) is 6.46. The van der Waals surface area contributed by atoms with Gasteiger partial charge in [-0.15, -0.1) is 0 Å². The standard InChI is InChI=1S/C12H25O5P/c1-5-8-12(14)11(10(4)13)9-18(15,16-6-2)17-7-3/h11-12,14H,5-9H2,1-4H3/t11-,12+/m1/s1. The summed E-state index contributed by atoms with van der Waals surface area (Å²) >= 11 is 0. The largest absolute Gasteiger partial charge is 0.392 e. The van der Waals surface area contributed by atoms with Gasteiger partial charge in [0.25, 0.3) is 0 Å². The molecule has 0 spiro atoms. The fraction of sp³-hybridized carbons (Fsp3) is 0.917. The predicted molar refractivity (Wildman–Crippen MR) is 70.8 cm³/mol. The van der Waals surface area contributed by atoms with Crippen molar-refractivity contribution >= 4 is 13.4 Å². The smallest absolute Gasteiger partial charge is 0.331 e. The van der Waals surface area contributed by atoms with E-state index in [1.807, 2.05) is 6.92 Å². The molecule has 0 aliphatic heterocycles. The van der Waals surface area contributed by atoms with Gasteiger partial charge in [-0.05, 0) is 27.2 Å². The predicted octanol–water partition coefficient (Wildman–Crippen LogP) is 2.62. The number of ketones is 1. The van der Waals surface area contributed by atoms with Crippen molar-refractivity contribution in [1.29, 1.82) is 0 Å². The van der Waals surface area contributed by atoms with Gasteiger partial charge in [-0.1, -0.05) is 13.3 Å². The van der Waals surface area contributed by atoms with Crippen LogP contribution in [0.4, 0.5) is 0 Å². The van der Waals surface area contributed by atoms with Crippen molar-refractivity contribution in [3.8, 4) is 0 Å². The molecule has 0 aromatic carbocycles. The number of Topliss-reactive ketones (excluding diaryl/α,β-unsaturated/α-hetero) is 1. The lowest BCUT2D eigenvalue weighted by Crippen LogP contribution is -2.30. The average Bonchev–Trinajstić information content (AvgIpc) is 2.26. The van der Waals surface area contributed by atoms with E-state index in [-0.39, 0.29) is 25.2 Å². The lowest BCUT2D eigenvalue weighted by molar-refractivity contribution is -0.123. The number of hydrogen-bond acceptors (Lipinski definition) is 5. The molecule has 0 aliphatic rings. The highest BCUT2D eigenvalue weighted by molar-refractivity contribution is 7.53. The molecule has 5 nitrogen and oxygen atoms in total. The molecule has 18 heavy (non-hydrogen) atoms. The molecule has 0 bridgehead atoms. The van der Waals surface area contributed by atoms with Crippen LogP contribution in [0, 0.1) is 5.92 Å². The highest BCUT2D eigenvalue weighted by Gasteiger charge is 2.34. The van der Waals surface area contributed by atoms with Crippen molar-refractivity contribution in [3.63, 3.8) is 0 Å². The van der Waals surface area contributed by atoms with Gasteiger partial charge in [0.2, 0.25) is 0 Å². The number of carbonyl (C=O) groups excluding carboxylic acids is 1. The SMILES string of the molecule is CCC[C@H](O)[C@H](CP(=O)(OCC)OCC)C(C)=O. The molecule has 6 heteroatoms. The first kappa shape index (κ1) is 17.8. The summed E-state index contributed by atoms with van der Waals surface area (Å²) in [4.78, 5) is 11.6. The fourth-order valence-corrected chi connectivity index (χ4v) is 3.85. The van der Waals surface area contributed by atoms with Crippen LogP contribution < -0.4 is 0 Å². The first-order valence-corrected chi connectivity index (χ1v) is 8.19. The van der Waals surface area contributed by atoms with E-state index in [2.05, 4.69) is 0 Å². The van der Waals surface area contributed by atoms with Gasteiger partial charge in [0.15, 0.2) is 0 Å². The molecule has 0 saturated heterocycles. The van der Waals surface area contributed by atoms with Gasteiger partial charge in [-0.3, -0.25) is 9.36 Å². The third kappa shape index (κ3) is 6.10. The number of carbonyl (C=O) groups is 1. The normalized spacial score (nSPS) is 15.4. The molecule has 0 rings (SSSR count). The Morgan fingerprint density at radius 2 is 1.72 bits per heavy atom. The minimum atomic E-state index is -3.29. The van der Waals surface area contributed by atoms with E-state index < -0.39 is 19.6 Å². The van der Waals surface area contributed by atoms with Crippen molar-refractivity contribution < 1.29 is 23.5 Å². The third-order valence-electron chi connectivity index (χ3n) is 2.64. The Kier molecular flexibility index (Phi) is 8.70. The van der Waals surface area contributed by atoms with E-state index in [1.54, 1.807) is 13.8 Å². The van der Waals surface area contributed by atoms with Gasteiger partial charge in [0, 0.05) is 0 Å². The molecule has 0 aliphatic carbocycles. The topological polar surface area (TPSA) is 72.8 Å². The van der Waals surface area contributed by atoms with Gasteiger partial charge >= 0.3 is 7.60 Å². The van der Waals surface area contributed by atoms with Crippen molar-refractivity contribution in [3.05, 3.63) is 0 Å². The molecule has 2 atom stereocenters. The van der Waals surface area contributed by atoms with E-state index in [9.17, 15) is 14.5 Å². The van der Waals surface area contributed by atoms with Gasteiger partial charge in [-0.25, -0.2) is 0 Å². The Morgan fingerprint density at radius 1 is 1.22 bits per heavy atom. The molecule has 1 N–H and O–H groups in total. The van der Waals surface area contributed by atoms with Crippen molar-refractivity contribution in [2.24, 2.45) is 5.92 Å². The number of aliphatic hydroxyl groups is 1. The summed E-state index contributed by atoms with van der Waals surface area (Å²) in [7, 11) is -3.29. The summed E-state index contributed by atoms with van der Waals surface area (Å²) in [5.74, 6) is -0.871. The summed E-state index contributed by atoms with van der Waals surface area (Å²) in [6.45, 7) is 7.27. The minimum Gasteiger partial charge on any atom is -0.392 e. The monoisotopic (exact) mass is 280 g/mol. The zero-order chi connectivity index (χ0) is 14.2. The zero-order valence-electron chi connectivity index (χ0n) is 11.7. The Labute approximate surface area is 109 Å². The maximum absolute atomic E-state index is 12.3. The van der Waals surface area contributed by atoms with Gasteiger partial charge in [0.05, 0.1) is 31.4 Å². The first-order chi connectivity index (χ1) is 8.40. The van der Waals surface area contributed by atoms with Crippen LogP contribution in [0.2, 0.25) is 0 Å². The summed E-state index contributed by atoms with van der Waals surface area (Å²) < 4.78 is 22.6. The van der Waals surface area contributed by atoms with E-state index >= 15 is 0 Å². The molecule has 108 valence electrons. The van der Waals surface area contributed by atoms with Gasteiger partial charge in [-0.2, -0.15) is 0 Å². The number of hydrogen-bond donors (Lipinski definition) is 1. The van der Waals surface area contributed by atoms with Crippen molar-refractivity contribution in [2.75, 3.05) is 19.4 Å². The van der Waals surface area contributed by atoms with Crippen molar-refractivity contribution in [2.45, 2.75) is 46.6 Å². The molecule has 0 saturated carbocycles. The average molecular weight is 280 g/mol. The Bertz CT molecular complexity index is 282. The summed E-state index contributed by atoms with van der Waals surface area (Å²) in [5.41, 5.74) is 0. The minimum absolute atomic E-state index is 0.0504. The van der Waals surface area contributed by atoms with Crippen LogP contribution in [-0.4, -0.2) is 36.4 Å². The molecule has 0 fully saturated rings. The van der Waals surface area contributed by atoms with E-state index in [4.69, 9.17) is 9.05 Å². The maximum atomic E-state index is 12.3. The highest BCUT2D eigenvalue weighted by Crippen LogP contribution is 2.50. The molecule has 0 amide bonds. The molecular formula is C12H25O5P. The van der Waals surface area contributed by atoms with Crippen molar-refractivity contribution in [1.82, 2.24) is 0 Å². The van der Waals surface area contributed by atoms with Gasteiger partial charge < -0.3 is 14.2 Å². The second-order valence-electron chi connectivity index (χ2n) is 4.20. The lowest BCUT2D eigenvalue weighted by Gasteiger charge is -2.24. The van der Waals surface area contributed by atoms with Crippen LogP contribution in [0.25, 0.3) is 0 Å². The quantitative estimate of drug-likeness (QED) is 0.623. The second kappa shape index (κ2) is 8.81. The molecule has 0 heterocycles. The molecule has 0 unspecified atom stereocenters. The Hall–Kier alpha value is -0.220. The van der Waals surface area contributed by atoms with E-state index in [0.29, 0.717) is 6.42 Å². The van der Waals surface area contributed by atoms with Crippen LogP contribution in [-0.2, 0) is 18.4 Å². The number of rotatable bonds is 10. The third-order valence-corrected chi connectivity index (χ3v) is 4.79. The summed E-state index contributed by atoms with van der Waals surface area (Å²) in [6.07, 6.45) is 0.424. The van der Waals surface area contributed by atoms with Crippen LogP contribution in [0.15, 0.2) is 0 Å². The zero-order valence-corrected chi connectivity index (χ0v) is 12.6. The van der Waals surface area contributed by atoms with E-state index in [1.165, 1.54) is 6.92 Å². The van der Waals surface area contributed by atoms with Crippen LogP contribution >= 0.6 is 7.60 Å². The highest BCUT2D eigenvalue weighted by atomic mass is 31.2. The molecule has 0 radical (unpaired) electrons. The molecule has 0 aromatic heterocycles. The molecular weight excluding hydrogens is 255 g/mol. The Balaban J connectivity index is 4.81. The summed E-state index contributed by atoms with van der Waals surface area (Å²) in [5, 5.41) is 9.93.